The van der Waals surface area contributed by atoms with Gasteiger partial charge < -0.3 is 31.3 Å². The fourth-order valence-electron chi connectivity index (χ4n) is 11.7. The third kappa shape index (κ3) is 11.0. The number of aliphatic hydroxyl groups is 1. The summed E-state index contributed by atoms with van der Waals surface area (Å²) in [6.45, 7) is 2.19. The summed E-state index contributed by atoms with van der Waals surface area (Å²) >= 11 is 0. The minimum atomic E-state index is -4.61. The monoisotopic (exact) mass is 1020 g/mol. The number of nitrogens with one attached hydrogen (secondary N) is 4. The highest BCUT2D eigenvalue weighted by molar-refractivity contribution is 5.91. The number of nitriles is 1. The summed E-state index contributed by atoms with van der Waals surface area (Å²) in [7, 11) is 0. The molecule has 20 heteroatoms. The number of anilines is 2. The van der Waals surface area contributed by atoms with Crippen LogP contribution in [0.1, 0.15) is 91.0 Å². The van der Waals surface area contributed by atoms with Crippen molar-refractivity contribution in [3.05, 3.63) is 130 Å². The van der Waals surface area contributed by atoms with E-state index in [1.165, 1.54) is 18.5 Å². The van der Waals surface area contributed by atoms with E-state index in [0.717, 1.165) is 111 Å². The number of rotatable bonds is 14. The zero-order chi connectivity index (χ0) is 51.7. The number of fused-ring (bicyclic) bond motifs is 2. The zero-order valence-corrected chi connectivity index (χ0v) is 40.5. The van der Waals surface area contributed by atoms with E-state index in [-0.39, 0.29) is 72.1 Å². The second-order valence-electron chi connectivity index (χ2n) is 20.2. The highest BCUT2D eigenvalue weighted by Crippen LogP contribution is 2.42. The Morgan fingerprint density at radius 1 is 0.743 bits per heavy atom. The van der Waals surface area contributed by atoms with Gasteiger partial charge in [0.1, 0.15) is 18.0 Å². The Labute approximate surface area is 424 Å². The fraction of sp³-hybridized carbons (Fsp3) is 0.444. The number of carbonyl (C=O) groups is 2. The maximum absolute atomic E-state index is 14.1. The molecule has 3 aliphatic carbocycles. The van der Waals surface area contributed by atoms with Gasteiger partial charge in [0, 0.05) is 54.9 Å². The highest BCUT2D eigenvalue weighted by atomic mass is 19.4. The first kappa shape index (κ1) is 50.7. The predicted molar refractivity (Wildman–Crippen MR) is 267 cm³/mol. The molecular formula is C54H57F6N11O3. The molecule has 10 rings (SSSR count). The van der Waals surface area contributed by atoms with Gasteiger partial charge in [-0.15, -0.1) is 0 Å². The quantitative estimate of drug-likeness (QED) is 0.0790. The minimum Gasteiger partial charge on any atom is -0.392 e. The van der Waals surface area contributed by atoms with Crippen molar-refractivity contribution in [2.45, 2.75) is 112 Å². The number of nitrogens with zero attached hydrogens (tertiary/aromatic N) is 7. The Morgan fingerprint density at radius 3 is 2.00 bits per heavy atom. The van der Waals surface area contributed by atoms with Crippen molar-refractivity contribution < 1.29 is 41.0 Å². The number of aliphatic hydroxyl groups excluding tert-OH is 1. The largest absolute Gasteiger partial charge is 0.416 e. The van der Waals surface area contributed by atoms with E-state index >= 15 is 0 Å². The summed E-state index contributed by atoms with van der Waals surface area (Å²) in [5.74, 6) is 0.263. The van der Waals surface area contributed by atoms with E-state index in [2.05, 4.69) is 58.2 Å². The lowest BCUT2D eigenvalue weighted by Crippen LogP contribution is -2.63. The Hall–Kier alpha value is -6.82. The first-order valence-corrected chi connectivity index (χ1v) is 25.2. The van der Waals surface area contributed by atoms with Gasteiger partial charge in [-0.05, 0) is 122 Å². The van der Waals surface area contributed by atoms with Crippen molar-refractivity contribution in [1.29, 1.82) is 5.26 Å². The molecule has 2 saturated heterocycles. The molecule has 4 fully saturated rings. The number of amides is 2. The normalized spacial score (nSPS) is 23.8. The maximum atomic E-state index is 14.1. The molecule has 14 nitrogen and oxygen atoms in total. The Morgan fingerprint density at radius 2 is 1.38 bits per heavy atom. The summed E-state index contributed by atoms with van der Waals surface area (Å²) < 4.78 is 82.3. The van der Waals surface area contributed by atoms with Gasteiger partial charge in [0.05, 0.1) is 72.4 Å². The standard InChI is InChI=1S/C54H57F6N11O3/c55-53(56,57)36-9-17-47-45(20-36)51(65-30-64-47)62-23-49(73)67-38-25-70(26-38)41-13-7-33(8-14-41)44-16-15-42(19-35(44)29-72)71-31-66-52(46-21-37(54(58,59)60)10-18-48(46)71)63-24-50(74)68-39-27-69(28-39)40-11-5-32(6-12-40)43-4-2-1-3-34(43)22-61/h1-4,9-10,15-21,30-33,38-41,48,63,72H,5-8,11-14,23-29H2,(H,67,73)(H,68,74)(H,62,64,65). The summed E-state index contributed by atoms with van der Waals surface area (Å²) in [5.41, 5.74) is 3.15. The number of aliphatic imine (C=N–C) groups is 1. The van der Waals surface area contributed by atoms with Gasteiger partial charge in [-0.3, -0.25) is 19.4 Å². The van der Waals surface area contributed by atoms with E-state index in [9.17, 15) is 46.3 Å². The van der Waals surface area contributed by atoms with E-state index in [1.807, 2.05) is 36.4 Å². The summed E-state index contributed by atoms with van der Waals surface area (Å²) in [6.07, 6.45) is 4.82. The van der Waals surface area contributed by atoms with Crippen LogP contribution < -0.4 is 26.2 Å². The number of benzene rings is 3. The number of carbonyl (C=O) groups excluding carboxylic acids is 2. The van der Waals surface area contributed by atoms with E-state index < -0.39 is 29.5 Å². The van der Waals surface area contributed by atoms with Crippen LogP contribution in [0.2, 0.25) is 0 Å². The van der Waals surface area contributed by atoms with Crippen molar-refractivity contribution >= 4 is 40.6 Å². The maximum Gasteiger partial charge on any atom is 0.416 e. The Kier molecular flexibility index (Phi) is 14.5. The second-order valence-corrected chi connectivity index (χ2v) is 20.2. The average Bonchev–Trinajstić information content (AvgIpc) is 3.38. The molecule has 3 aliphatic heterocycles. The first-order chi connectivity index (χ1) is 35.6. The van der Waals surface area contributed by atoms with Crippen LogP contribution in [-0.4, -0.2) is 119 Å². The number of likely N-dealkylation sites (tertiary alicyclic amines) is 2. The number of hydrogen-bond acceptors (Lipinski definition) is 12. The van der Waals surface area contributed by atoms with E-state index in [4.69, 9.17) is 0 Å². The van der Waals surface area contributed by atoms with E-state index in [1.54, 1.807) is 11.2 Å². The van der Waals surface area contributed by atoms with Crippen molar-refractivity contribution in [1.82, 2.24) is 35.7 Å². The second kappa shape index (κ2) is 21.2. The number of allylic oxidation sites excluding steroid dienone is 2. The van der Waals surface area contributed by atoms with Crippen LogP contribution in [0.15, 0.2) is 107 Å². The molecule has 6 aliphatic rings. The number of hydrogen-bond donors (Lipinski definition) is 5. The Bertz CT molecular complexity index is 2920. The smallest absolute Gasteiger partial charge is 0.392 e. The topological polar surface area (TPSA) is 174 Å². The third-order valence-electron chi connectivity index (χ3n) is 15.6. The van der Waals surface area contributed by atoms with Crippen LogP contribution in [0.3, 0.4) is 0 Å². The summed E-state index contributed by atoms with van der Waals surface area (Å²) in [4.78, 5) is 45.1. The minimum absolute atomic E-state index is 0.0382. The van der Waals surface area contributed by atoms with Crippen LogP contribution in [0.5, 0.6) is 0 Å². The molecule has 4 aromatic rings. The lowest BCUT2D eigenvalue weighted by Gasteiger charge is -2.47. The predicted octanol–water partition coefficient (Wildman–Crippen LogP) is 7.55. The molecule has 2 amide bonds. The van der Waals surface area contributed by atoms with Gasteiger partial charge in [-0.2, -0.15) is 31.6 Å². The summed E-state index contributed by atoms with van der Waals surface area (Å²) in [5, 5.41) is 32.3. The molecule has 1 aromatic heterocycles. The summed E-state index contributed by atoms with van der Waals surface area (Å²) in [6, 6.07) is 19.0. The molecule has 2 saturated carbocycles. The molecule has 388 valence electrons. The van der Waals surface area contributed by atoms with Gasteiger partial charge in [-0.1, -0.05) is 36.4 Å². The third-order valence-corrected chi connectivity index (χ3v) is 15.6. The molecule has 1 unspecified atom stereocenters. The molecular weight excluding hydrogens is 965 g/mol. The van der Waals surface area contributed by atoms with Gasteiger partial charge in [0.25, 0.3) is 0 Å². The molecule has 4 heterocycles. The molecule has 0 radical (unpaired) electrons. The van der Waals surface area contributed by atoms with Crippen molar-refractivity contribution in [2.24, 2.45) is 4.99 Å². The highest BCUT2D eigenvalue weighted by Gasteiger charge is 2.40. The van der Waals surface area contributed by atoms with Gasteiger partial charge in [-0.25, -0.2) is 15.0 Å². The van der Waals surface area contributed by atoms with Crippen LogP contribution >= 0.6 is 0 Å². The average molecular weight is 1020 g/mol. The van der Waals surface area contributed by atoms with Crippen LogP contribution in [0.4, 0.5) is 37.8 Å². The molecule has 1 atom stereocenters. The van der Waals surface area contributed by atoms with Crippen LogP contribution in [-0.2, 0) is 22.4 Å². The van der Waals surface area contributed by atoms with Crippen LogP contribution in [0, 0.1) is 11.3 Å². The van der Waals surface area contributed by atoms with Crippen molar-refractivity contribution in [3.8, 4) is 6.07 Å². The van der Waals surface area contributed by atoms with E-state index in [0.29, 0.717) is 42.3 Å². The number of alkyl halides is 6. The lowest BCUT2D eigenvalue weighted by atomic mass is 9.78. The molecule has 0 spiro atoms. The first-order valence-electron chi connectivity index (χ1n) is 25.2. The number of aromatic nitrogens is 2. The zero-order valence-electron chi connectivity index (χ0n) is 40.5. The van der Waals surface area contributed by atoms with Gasteiger partial charge in [0.15, 0.2) is 0 Å². The van der Waals surface area contributed by atoms with Gasteiger partial charge >= 0.3 is 12.4 Å². The molecule has 3 aromatic carbocycles. The molecule has 0 bridgehead atoms. The van der Waals surface area contributed by atoms with Crippen LogP contribution in [0.25, 0.3) is 10.9 Å². The SMILES string of the molecule is N#Cc1ccccc1C1CCC(N2CC(NC(=O)CNC3=C4C=C(C(F)(F)F)C=CC4N(c4ccc(C5CCC(N6CC(NC(=O)CNc7ncnc8ccc(C(F)(F)F)cc78)C6)CC5)c(CO)c4)C=N3)C2)CC1. The Balaban J connectivity index is 0.695. The lowest BCUT2D eigenvalue weighted by molar-refractivity contribution is -0.137. The van der Waals surface area contributed by atoms with Crippen molar-refractivity contribution in [2.75, 3.05) is 49.5 Å². The number of halogens is 6. The fourth-order valence-corrected chi connectivity index (χ4v) is 11.7. The van der Waals surface area contributed by atoms with Crippen molar-refractivity contribution in [3.63, 3.8) is 0 Å². The molecule has 74 heavy (non-hydrogen) atoms. The van der Waals surface area contributed by atoms with Gasteiger partial charge in [0.2, 0.25) is 11.8 Å². The molecule has 5 N–H and O–H groups in total.